The number of esters is 1. The van der Waals surface area contributed by atoms with Crippen molar-refractivity contribution >= 4 is 15.7 Å². The van der Waals surface area contributed by atoms with E-state index in [2.05, 4.69) is 24.3 Å². The van der Waals surface area contributed by atoms with Crippen molar-refractivity contribution in [2.75, 3.05) is 13.2 Å². The van der Waals surface area contributed by atoms with Crippen LogP contribution in [0.4, 0.5) is 0 Å². The van der Waals surface area contributed by atoms with E-state index in [9.17, 15) is 4.79 Å². The summed E-state index contributed by atoms with van der Waals surface area (Å²) in [6, 6.07) is 11.5. The smallest absolute Gasteiger partial charge is 0.305 e. The zero-order chi connectivity index (χ0) is 12.3. The number of ether oxygens (including phenoxy) is 1. The van der Waals surface area contributed by atoms with E-state index in [4.69, 9.17) is 9.16 Å². The second-order valence-electron chi connectivity index (χ2n) is 3.78. The molecule has 0 fully saturated rings. The van der Waals surface area contributed by atoms with Gasteiger partial charge in [-0.25, -0.2) is 0 Å². The van der Waals surface area contributed by atoms with Crippen LogP contribution in [0.1, 0.15) is 18.9 Å². The monoisotopic (exact) mass is 252 g/mol. The second kappa shape index (κ2) is 8.96. The molecule has 0 bridgehead atoms. The largest absolute Gasteiger partial charge is 0.463 e. The Balaban J connectivity index is 1.93. The van der Waals surface area contributed by atoms with E-state index in [1.807, 2.05) is 6.07 Å². The van der Waals surface area contributed by atoms with Crippen molar-refractivity contribution in [1.82, 2.24) is 0 Å². The highest BCUT2D eigenvalue weighted by atomic mass is 28.2. The van der Waals surface area contributed by atoms with Crippen LogP contribution < -0.4 is 0 Å². The molecule has 1 aromatic rings. The first kappa shape index (κ1) is 13.9. The third-order valence-corrected chi connectivity index (χ3v) is 3.60. The third-order valence-electron chi connectivity index (χ3n) is 2.38. The highest BCUT2D eigenvalue weighted by Gasteiger charge is 1.97. The summed E-state index contributed by atoms with van der Waals surface area (Å²) in [4.78, 5) is 10.8. The maximum atomic E-state index is 10.8. The van der Waals surface area contributed by atoms with E-state index in [0.717, 1.165) is 12.5 Å². The zero-order valence-corrected chi connectivity index (χ0v) is 11.8. The lowest BCUT2D eigenvalue weighted by atomic mass is 10.2. The Labute approximate surface area is 105 Å². The predicted octanol–water partition coefficient (Wildman–Crippen LogP) is 1.70. The number of carbonyl (C=O) groups is 1. The average molecular weight is 252 g/mol. The van der Waals surface area contributed by atoms with Crippen molar-refractivity contribution in [1.29, 1.82) is 0 Å². The maximum absolute atomic E-state index is 10.8. The number of hydrogen-bond donors (Lipinski definition) is 0. The Bertz CT molecular complexity index is 314. The highest BCUT2D eigenvalue weighted by molar-refractivity contribution is 6.27. The molecule has 17 heavy (non-hydrogen) atoms. The van der Waals surface area contributed by atoms with Crippen molar-refractivity contribution in [3.8, 4) is 0 Å². The molecule has 0 aliphatic heterocycles. The average Bonchev–Trinajstić information content (AvgIpc) is 2.38. The number of hydrogen-bond acceptors (Lipinski definition) is 3. The summed E-state index contributed by atoms with van der Waals surface area (Å²) in [7, 11) is -0.475. The first-order valence-electron chi connectivity index (χ1n) is 6.10. The highest BCUT2D eigenvalue weighted by Crippen LogP contribution is 2.02. The van der Waals surface area contributed by atoms with Crippen LogP contribution in [-0.2, 0) is 20.4 Å². The minimum absolute atomic E-state index is 0.153. The molecule has 0 aliphatic rings. The van der Waals surface area contributed by atoms with Crippen LogP contribution >= 0.6 is 0 Å². The normalized spacial score (nSPS) is 10.9. The summed E-state index contributed by atoms with van der Waals surface area (Å²) < 4.78 is 10.4. The molecule has 0 saturated heterocycles. The van der Waals surface area contributed by atoms with E-state index in [0.29, 0.717) is 19.6 Å². The molecule has 1 aromatic carbocycles. The first-order chi connectivity index (χ1) is 8.33. The molecule has 94 valence electrons. The fourth-order valence-electron chi connectivity index (χ4n) is 1.44. The minimum Gasteiger partial charge on any atom is -0.463 e. The predicted molar refractivity (Wildman–Crippen MR) is 70.7 cm³/mol. The van der Waals surface area contributed by atoms with Gasteiger partial charge >= 0.3 is 5.97 Å². The van der Waals surface area contributed by atoms with Crippen LogP contribution in [0.5, 0.6) is 0 Å². The van der Waals surface area contributed by atoms with Gasteiger partial charge in [0.2, 0.25) is 0 Å². The van der Waals surface area contributed by atoms with Crippen LogP contribution in [0.15, 0.2) is 30.3 Å². The molecule has 0 aromatic heterocycles. The van der Waals surface area contributed by atoms with Crippen molar-refractivity contribution < 1.29 is 14.0 Å². The van der Waals surface area contributed by atoms with Crippen LogP contribution in [0, 0.1) is 0 Å². The van der Waals surface area contributed by atoms with Gasteiger partial charge in [0, 0.05) is 6.42 Å². The lowest BCUT2D eigenvalue weighted by molar-refractivity contribution is -0.143. The molecule has 0 heterocycles. The van der Waals surface area contributed by atoms with E-state index < -0.39 is 9.76 Å². The van der Waals surface area contributed by atoms with Gasteiger partial charge in [-0.05, 0) is 18.0 Å². The molecule has 1 rings (SSSR count). The maximum Gasteiger partial charge on any atom is 0.305 e. The van der Waals surface area contributed by atoms with Crippen molar-refractivity contribution in [3.05, 3.63) is 35.9 Å². The van der Waals surface area contributed by atoms with Gasteiger partial charge in [0.05, 0.1) is 6.61 Å². The number of carbonyl (C=O) groups excluding carboxylic acids is 1. The van der Waals surface area contributed by atoms with Crippen molar-refractivity contribution in [2.24, 2.45) is 0 Å². The van der Waals surface area contributed by atoms with E-state index in [-0.39, 0.29) is 5.97 Å². The summed E-state index contributed by atoms with van der Waals surface area (Å²) >= 11 is 0. The third kappa shape index (κ3) is 6.91. The van der Waals surface area contributed by atoms with Gasteiger partial charge < -0.3 is 9.16 Å². The molecule has 0 aliphatic carbocycles. The molecule has 0 radical (unpaired) electrons. The Morgan fingerprint density at radius 1 is 1.24 bits per heavy atom. The summed E-state index contributed by atoms with van der Waals surface area (Å²) in [5, 5.41) is 0. The second-order valence-corrected chi connectivity index (χ2v) is 5.30. The van der Waals surface area contributed by atoms with Gasteiger partial charge in [0.1, 0.15) is 6.61 Å². The van der Waals surface area contributed by atoms with Crippen LogP contribution in [-0.4, -0.2) is 28.9 Å². The fourth-order valence-corrected chi connectivity index (χ4v) is 2.52. The molecule has 3 nitrogen and oxygen atoms in total. The van der Waals surface area contributed by atoms with Gasteiger partial charge in [0.15, 0.2) is 9.76 Å². The van der Waals surface area contributed by atoms with Crippen molar-refractivity contribution in [3.63, 3.8) is 0 Å². The molecule has 0 saturated carbocycles. The van der Waals surface area contributed by atoms with E-state index in [1.165, 1.54) is 5.56 Å². The van der Waals surface area contributed by atoms with Crippen LogP contribution in [0.2, 0.25) is 6.04 Å². The molecule has 0 unspecified atom stereocenters. The molecular weight excluding hydrogens is 232 g/mol. The van der Waals surface area contributed by atoms with Crippen LogP contribution in [0.25, 0.3) is 0 Å². The van der Waals surface area contributed by atoms with Gasteiger partial charge in [-0.15, -0.1) is 0 Å². The zero-order valence-electron chi connectivity index (χ0n) is 10.4. The minimum atomic E-state index is -0.475. The number of rotatable bonds is 8. The summed E-state index contributed by atoms with van der Waals surface area (Å²) in [6.07, 6.45) is 1.52. The number of aryl methyl sites for hydroxylation is 1. The summed E-state index contributed by atoms with van der Waals surface area (Å²) in [6.45, 7) is 2.73. The molecule has 0 amide bonds. The van der Waals surface area contributed by atoms with Crippen LogP contribution in [0.3, 0.4) is 0 Å². The summed E-state index contributed by atoms with van der Waals surface area (Å²) in [5.74, 6) is -0.153. The van der Waals surface area contributed by atoms with E-state index in [1.54, 1.807) is 6.92 Å². The topological polar surface area (TPSA) is 35.5 Å². The molecule has 4 heteroatoms. The molecular formula is C13H20O3Si. The first-order valence-corrected chi connectivity index (χ1v) is 7.68. The Morgan fingerprint density at radius 3 is 2.71 bits per heavy atom. The summed E-state index contributed by atoms with van der Waals surface area (Å²) in [5.41, 5.74) is 1.36. The standard InChI is InChI=1S/C13H20O3Si/c1-2-13(14)15-9-10-16-17-11-8-12-6-4-3-5-7-12/h3-7H,2,8-11,17H2,1H3. The lowest BCUT2D eigenvalue weighted by Gasteiger charge is -2.05. The quantitative estimate of drug-likeness (QED) is 0.401. The van der Waals surface area contributed by atoms with Gasteiger partial charge in [-0.3, -0.25) is 4.79 Å². The molecule has 0 spiro atoms. The Kier molecular flexibility index (Phi) is 7.34. The SMILES string of the molecule is CCC(=O)OCCO[SiH2]CCc1ccccc1. The molecule has 0 N–H and O–H groups in total. The number of benzene rings is 1. The fraction of sp³-hybridized carbons (Fsp3) is 0.462. The van der Waals surface area contributed by atoms with Gasteiger partial charge in [0.25, 0.3) is 0 Å². The van der Waals surface area contributed by atoms with Gasteiger partial charge in [-0.1, -0.05) is 37.3 Å². The lowest BCUT2D eigenvalue weighted by Crippen LogP contribution is -2.11. The van der Waals surface area contributed by atoms with Crippen molar-refractivity contribution in [2.45, 2.75) is 25.8 Å². The van der Waals surface area contributed by atoms with Gasteiger partial charge in [-0.2, -0.15) is 0 Å². The molecule has 0 atom stereocenters. The van der Waals surface area contributed by atoms with E-state index >= 15 is 0 Å². The Hall–Kier alpha value is -1.13. The Morgan fingerprint density at radius 2 is 2.00 bits per heavy atom.